The third-order valence-electron chi connectivity index (χ3n) is 5.80. The fourth-order valence-corrected chi connectivity index (χ4v) is 5.15. The predicted molar refractivity (Wildman–Crippen MR) is 124 cm³/mol. The summed E-state index contributed by atoms with van der Waals surface area (Å²) in [5, 5.41) is 2.80. The number of aliphatic imine (C=N–C) groups is 1. The molecule has 32 heavy (non-hydrogen) atoms. The van der Waals surface area contributed by atoms with E-state index in [0.717, 1.165) is 49.9 Å². The van der Waals surface area contributed by atoms with Crippen LogP contribution in [0.5, 0.6) is 0 Å². The number of halogens is 1. The molecule has 0 spiro atoms. The number of thiophene rings is 1. The van der Waals surface area contributed by atoms with Crippen LogP contribution in [0, 0.1) is 5.92 Å². The molecule has 1 N–H and O–H groups in total. The third-order valence-corrected chi connectivity index (χ3v) is 7.03. The molecule has 3 aliphatic rings. The molecule has 2 fully saturated rings. The number of benzene rings is 1. The zero-order valence-electron chi connectivity index (χ0n) is 17.3. The minimum Gasteiger partial charge on any atom is -0.442 e. The van der Waals surface area contributed by atoms with E-state index in [1.165, 1.54) is 11.3 Å². The second kappa shape index (κ2) is 9.09. The Balaban J connectivity index is 1.19. The summed E-state index contributed by atoms with van der Waals surface area (Å²) in [5.74, 6) is 1.22. The fourth-order valence-electron chi connectivity index (χ4n) is 4.19. The molecule has 8 nitrogen and oxygen atoms in total. The molecule has 10 heteroatoms. The maximum atomic E-state index is 12.4. The molecule has 2 amide bonds. The van der Waals surface area contributed by atoms with Gasteiger partial charge in [0.2, 0.25) is 0 Å². The van der Waals surface area contributed by atoms with Gasteiger partial charge in [-0.15, -0.1) is 11.3 Å². The summed E-state index contributed by atoms with van der Waals surface area (Å²) in [5.41, 5.74) is 1.82. The summed E-state index contributed by atoms with van der Waals surface area (Å²) >= 11 is 7.09. The van der Waals surface area contributed by atoms with Crippen LogP contribution < -0.4 is 15.1 Å². The number of hydrogen-bond donors (Lipinski definition) is 1. The maximum absolute atomic E-state index is 12.4. The SMILES string of the molecule is O=C(NC[C@H]1CN(c2ccc(N3CCN=C3C3CCOC3)cc2)C(=O)O1)c1ccc(Cl)s1. The monoisotopic (exact) mass is 474 g/mol. The van der Waals surface area contributed by atoms with Crippen molar-refractivity contribution in [2.45, 2.75) is 12.5 Å². The van der Waals surface area contributed by atoms with E-state index in [-0.39, 0.29) is 12.5 Å². The van der Waals surface area contributed by atoms with Crippen LogP contribution in [0.4, 0.5) is 16.2 Å². The van der Waals surface area contributed by atoms with Crippen molar-refractivity contribution in [3.05, 3.63) is 45.6 Å². The van der Waals surface area contributed by atoms with E-state index in [1.807, 2.05) is 24.3 Å². The Morgan fingerprint density at radius 3 is 2.66 bits per heavy atom. The molecule has 2 aromatic rings. The molecule has 2 atom stereocenters. The molecular formula is C22H23ClN4O4S. The fraction of sp³-hybridized carbons (Fsp3) is 0.409. The molecule has 2 saturated heterocycles. The quantitative estimate of drug-likeness (QED) is 0.693. The molecule has 0 radical (unpaired) electrons. The Kier molecular flexibility index (Phi) is 6.03. The van der Waals surface area contributed by atoms with Crippen molar-refractivity contribution in [1.82, 2.24) is 5.32 Å². The van der Waals surface area contributed by atoms with Crippen LogP contribution >= 0.6 is 22.9 Å². The maximum Gasteiger partial charge on any atom is 0.414 e. The average Bonchev–Trinajstić information content (AvgIpc) is 3.58. The molecule has 0 bridgehead atoms. The largest absolute Gasteiger partial charge is 0.442 e. The number of rotatable bonds is 6. The lowest BCUT2D eigenvalue weighted by atomic mass is 10.1. The Hall–Kier alpha value is -2.62. The highest BCUT2D eigenvalue weighted by molar-refractivity contribution is 7.18. The molecule has 1 unspecified atom stereocenters. The van der Waals surface area contributed by atoms with Gasteiger partial charge in [0.05, 0.1) is 35.5 Å². The van der Waals surface area contributed by atoms with Gasteiger partial charge in [0.1, 0.15) is 11.9 Å². The minimum atomic E-state index is -0.416. The Labute approximate surface area is 194 Å². The van der Waals surface area contributed by atoms with Gasteiger partial charge in [0.15, 0.2) is 0 Å². The smallest absolute Gasteiger partial charge is 0.414 e. The van der Waals surface area contributed by atoms with Crippen LogP contribution in [0.25, 0.3) is 0 Å². The highest BCUT2D eigenvalue weighted by atomic mass is 35.5. The first-order chi connectivity index (χ1) is 15.6. The second-order valence-electron chi connectivity index (χ2n) is 7.90. The number of anilines is 2. The minimum absolute atomic E-state index is 0.225. The van der Waals surface area contributed by atoms with Crippen molar-refractivity contribution in [2.24, 2.45) is 10.9 Å². The molecule has 0 aliphatic carbocycles. The first-order valence-electron chi connectivity index (χ1n) is 10.6. The summed E-state index contributed by atoms with van der Waals surface area (Å²) in [6, 6.07) is 11.2. The summed E-state index contributed by atoms with van der Waals surface area (Å²) in [6.07, 6.45) is 0.175. The van der Waals surface area contributed by atoms with Crippen molar-refractivity contribution in [1.29, 1.82) is 0 Å². The van der Waals surface area contributed by atoms with Gasteiger partial charge >= 0.3 is 6.09 Å². The van der Waals surface area contributed by atoms with Gasteiger partial charge in [-0.3, -0.25) is 14.7 Å². The van der Waals surface area contributed by atoms with Gasteiger partial charge in [-0.2, -0.15) is 0 Å². The number of ether oxygens (including phenoxy) is 2. The van der Waals surface area contributed by atoms with Crippen LogP contribution in [0.1, 0.15) is 16.1 Å². The van der Waals surface area contributed by atoms with Crippen LogP contribution in [0.3, 0.4) is 0 Å². The molecule has 4 heterocycles. The highest BCUT2D eigenvalue weighted by Crippen LogP contribution is 2.29. The predicted octanol–water partition coefficient (Wildman–Crippen LogP) is 3.41. The van der Waals surface area contributed by atoms with Gasteiger partial charge in [0.25, 0.3) is 5.91 Å². The number of carbonyl (C=O) groups excluding carboxylic acids is 2. The van der Waals surface area contributed by atoms with Gasteiger partial charge in [-0.25, -0.2) is 4.79 Å². The molecule has 1 aromatic heterocycles. The summed E-state index contributed by atoms with van der Waals surface area (Å²) in [6.45, 7) is 3.78. The van der Waals surface area contributed by atoms with Gasteiger partial charge in [0, 0.05) is 30.4 Å². The van der Waals surface area contributed by atoms with E-state index in [9.17, 15) is 9.59 Å². The summed E-state index contributed by atoms with van der Waals surface area (Å²) in [7, 11) is 0. The van der Waals surface area contributed by atoms with Crippen molar-refractivity contribution < 1.29 is 19.1 Å². The van der Waals surface area contributed by atoms with E-state index in [1.54, 1.807) is 17.0 Å². The second-order valence-corrected chi connectivity index (χ2v) is 9.61. The van der Waals surface area contributed by atoms with Gasteiger partial charge in [-0.1, -0.05) is 11.6 Å². The van der Waals surface area contributed by atoms with Crippen molar-refractivity contribution in [3.63, 3.8) is 0 Å². The van der Waals surface area contributed by atoms with E-state index in [2.05, 4.69) is 10.2 Å². The lowest BCUT2D eigenvalue weighted by Gasteiger charge is -2.24. The Morgan fingerprint density at radius 2 is 1.97 bits per heavy atom. The van der Waals surface area contributed by atoms with E-state index in [4.69, 9.17) is 26.1 Å². The molecule has 0 saturated carbocycles. The third kappa shape index (κ3) is 4.32. The van der Waals surface area contributed by atoms with Crippen LogP contribution in [-0.4, -0.2) is 63.3 Å². The Bertz CT molecular complexity index is 1030. The number of nitrogens with zero attached hydrogens (tertiary/aromatic N) is 3. The van der Waals surface area contributed by atoms with Crippen molar-refractivity contribution in [3.8, 4) is 0 Å². The number of amides is 2. The molecule has 168 valence electrons. The molecule has 3 aliphatic heterocycles. The zero-order chi connectivity index (χ0) is 22.1. The summed E-state index contributed by atoms with van der Waals surface area (Å²) < 4.78 is 11.5. The first-order valence-corrected chi connectivity index (χ1v) is 11.8. The zero-order valence-corrected chi connectivity index (χ0v) is 18.9. The normalized spacial score (nSPS) is 22.9. The van der Waals surface area contributed by atoms with Crippen LogP contribution in [0.15, 0.2) is 41.4 Å². The number of amidine groups is 1. The lowest BCUT2D eigenvalue weighted by molar-refractivity contribution is 0.0920. The van der Waals surface area contributed by atoms with E-state index >= 15 is 0 Å². The Morgan fingerprint density at radius 1 is 1.19 bits per heavy atom. The topological polar surface area (TPSA) is 83.5 Å². The number of cyclic esters (lactones) is 1. The number of carbonyl (C=O) groups is 2. The van der Waals surface area contributed by atoms with Crippen LogP contribution in [0.2, 0.25) is 4.34 Å². The van der Waals surface area contributed by atoms with Gasteiger partial charge < -0.3 is 19.7 Å². The summed E-state index contributed by atoms with van der Waals surface area (Å²) in [4.78, 5) is 33.6. The molecule has 1 aromatic carbocycles. The standard InChI is InChI=1S/C22H23ClN4O4S/c23-19-6-5-18(32-19)21(28)25-11-17-12-27(22(29)31-17)16-3-1-15(2-4-16)26-9-8-24-20(26)14-7-10-30-13-14/h1-6,14,17H,7-13H2,(H,25,28)/t14?,17-/m0/s1. The first kappa shape index (κ1) is 21.2. The molecule has 5 rings (SSSR count). The van der Waals surface area contributed by atoms with E-state index in [0.29, 0.717) is 21.7 Å². The van der Waals surface area contributed by atoms with Crippen molar-refractivity contribution in [2.75, 3.05) is 49.2 Å². The highest BCUT2D eigenvalue weighted by Gasteiger charge is 2.33. The van der Waals surface area contributed by atoms with Crippen LogP contribution in [-0.2, 0) is 9.47 Å². The number of hydrogen-bond acceptors (Lipinski definition) is 7. The number of nitrogens with one attached hydrogen (secondary N) is 1. The van der Waals surface area contributed by atoms with Gasteiger partial charge in [-0.05, 0) is 42.8 Å². The lowest BCUT2D eigenvalue weighted by Crippen LogP contribution is -2.34. The van der Waals surface area contributed by atoms with Crippen molar-refractivity contribution >= 4 is 52.1 Å². The molecular weight excluding hydrogens is 452 g/mol. The average molecular weight is 475 g/mol. The van der Waals surface area contributed by atoms with E-state index < -0.39 is 12.2 Å².